The molecule has 1 aliphatic carbocycles. The Labute approximate surface area is 147 Å². The molecule has 8 nitrogen and oxygen atoms in total. The SMILES string of the molecule is Cc1cc(NC(=O)CN2CCN(C(=O)C3CCCC(N)C3)CC2)no1. The largest absolute Gasteiger partial charge is 0.360 e. The van der Waals surface area contributed by atoms with Gasteiger partial charge in [0.25, 0.3) is 0 Å². The van der Waals surface area contributed by atoms with E-state index in [9.17, 15) is 9.59 Å². The molecule has 25 heavy (non-hydrogen) atoms. The third-order valence-corrected chi connectivity index (χ3v) is 5.01. The molecule has 1 aromatic heterocycles. The number of rotatable bonds is 4. The highest BCUT2D eigenvalue weighted by Gasteiger charge is 2.31. The smallest absolute Gasteiger partial charge is 0.239 e. The van der Waals surface area contributed by atoms with Crippen LogP contribution in [0, 0.1) is 12.8 Å². The Hall–Kier alpha value is -1.93. The highest BCUT2D eigenvalue weighted by Crippen LogP contribution is 2.25. The van der Waals surface area contributed by atoms with Gasteiger partial charge in [-0.05, 0) is 26.2 Å². The second-order valence-corrected chi connectivity index (χ2v) is 7.10. The zero-order valence-corrected chi connectivity index (χ0v) is 14.7. The quantitative estimate of drug-likeness (QED) is 0.824. The van der Waals surface area contributed by atoms with Crippen LogP contribution in [0.5, 0.6) is 0 Å². The van der Waals surface area contributed by atoms with Crippen molar-refractivity contribution in [2.75, 3.05) is 38.0 Å². The number of aryl methyl sites for hydroxylation is 1. The Morgan fingerprint density at radius 3 is 2.72 bits per heavy atom. The fourth-order valence-corrected chi connectivity index (χ4v) is 3.65. The Kier molecular flexibility index (Phi) is 5.70. The van der Waals surface area contributed by atoms with Crippen LogP contribution in [-0.4, -0.2) is 65.5 Å². The Morgan fingerprint density at radius 2 is 2.08 bits per heavy atom. The summed E-state index contributed by atoms with van der Waals surface area (Å²) in [6.07, 6.45) is 3.82. The fraction of sp³-hybridized carbons (Fsp3) is 0.706. The number of hydrogen-bond donors (Lipinski definition) is 2. The zero-order chi connectivity index (χ0) is 17.8. The number of nitrogens with one attached hydrogen (secondary N) is 1. The minimum absolute atomic E-state index is 0.0778. The molecule has 0 aromatic carbocycles. The van der Waals surface area contributed by atoms with Gasteiger partial charge in [0.15, 0.2) is 5.82 Å². The number of nitrogens with zero attached hydrogens (tertiary/aromatic N) is 3. The normalized spacial score (nSPS) is 25.0. The van der Waals surface area contributed by atoms with E-state index in [1.807, 2.05) is 4.90 Å². The summed E-state index contributed by atoms with van der Waals surface area (Å²) in [5, 5.41) is 6.47. The van der Waals surface area contributed by atoms with E-state index in [1.165, 1.54) is 0 Å². The van der Waals surface area contributed by atoms with Crippen molar-refractivity contribution in [2.45, 2.75) is 38.6 Å². The summed E-state index contributed by atoms with van der Waals surface area (Å²) in [4.78, 5) is 28.7. The Balaban J connectivity index is 1.42. The minimum atomic E-state index is -0.119. The van der Waals surface area contributed by atoms with Gasteiger partial charge in [0.2, 0.25) is 11.8 Å². The van der Waals surface area contributed by atoms with Gasteiger partial charge in [0.1, 0.15) is 5.76 Å². The van der Waals surface area contributed by atoms with E-state index in [0.29, 0.717) is 44.3 Å². The highest BCUT2D eigenvalue weighted by atomic mass is 16.5. The molecule has 2 aliphatic rings. The van der Waals surface area contributed by atoms with Crippen molar-refractivity contribution in [1.82, 2.24) is 15.0 Å². The van der Waals surface area contributed by atoms with Gasteiger partial charge in [-0.2, -0.15) is 0 Å². The number of anilines is 1. The van der Waals surface area contributed by atoms with Crippen molar-refractivity contribution in [2.24, 2.45) is 11.7 Å². The number of carbonyl (C=O) groups excluding carboxylic acids is 2. The van der Waals surface area contributed by atoms with Gasteiger partial charge < -0.3 is 20.5 Å². The van der Waals surface area contributed by atoms with Crippen LogP contribution in [0.4, 0.5) is 5.82 Å². The maximum atomic E-state index is 12.6. The van der Waals surface area contributed by atoms with Crippen molar-refractivity contribution in [1.29, 1.82) is 0 Å². The summed E-state index contributed by atoms with van der Waals surface area (Å²) < 4.78 is 4.93. The second kappa shape index (κ2) is 7.97. The summed E-state index contributed by atoms with van der Waals surface area (Å²) >= 11 is 0. The van der Waals surface area contributed by atoms with E-state index in [4.69, 9.17) is 10.3 Å². The molecule has 2 heterocycles. The standard InChI is InChI=1S/C17H27N5O3/c1-12-9-15(20-25-12)19-16(23)11-21-5-7-22(8-6-21)17(24)13-3-2-4-14(18)10-13/h9,13-14H,2-8,10-11,18H2,1H3,(H,19,20,23). The number of aromatic nitrogens is 1. The molecular formula is C17H27N5O3. The van der Waals surface area contributed by atoms with Gasteiger partial charge in [0, 0.05) is 44.2 Å². The molecule has 0 radical (unpaired) electrons. The summed E-state index contributed by atoms with van der Waals surface area (Å²) in [7, 11) is 0. The molecule has 1 saturated carbocycles. The number of nitrogens with two attached hydrogens (primary N) is 1. The average Bonchev–Trinajstić information content (AvgIpc) is 2.99. The van der Waals surface area contributed by atoms with E-state index in [2.05, 4.69) is 15.4 Å². The van der Waals surface area contributed by atoms with Gasteiger partial charge in [-0.25, -0.2) is 0 Å². The molecule has 138 valence electrons. The number of amides is 2. The monoisotopic (exact) mass is 349 g/mol. The molecule has 1 aliphatic heterocycles. The van der Waals surface area contributed by atoms with Crippen LogP contribution >= 0.6 is 0 Å². The lowest BCUT2D eigenvalue weighted by atomic mass is 9.85. The molecule has 2 fully saturated rings. The first-order valence-electron chi connectivity index (χ1n) is 9.01. The van der Waals surface area contributed by atoms with Gasteiger partial charge in [-0.3, -0.25) is 14.5 Å². The topological polar surface area (TPSA) is 105 Å². The molecule has 2 atom stereocenters. The van der Waals surface area contributed by atoms with Crippen molar-refractivity contribution >= 4 is 17.6 Å². The van der Waals surface area contributed by atoms with Crippen molar-refractivity contribution in [3.8, 4) is 0 Å². The molecule has 3 N–H and O–H groups in total. The first-order chi connectivity index (χ1) is 12.0. The van der Waals surface area contributed by atoms with E-state index in [-0.39, 0.29) is 23.8 Å². The Morgan fingerprint density at radius 1 is 1.32 bits per heavy atom. The molecule has 2 unspecified atom stereocenters. The van der Waals surface area contributed by atoms with Crippen LogP contribution in [0.2, 0.25) is 0 Å². The highest BCUT2D eigenvalue weighted by molar-refractivity contribution is 5.91. The molecule has 0 spiro atoms. The van der Waals surface area contributed by atoms with E-state index in [0.717, 1.165) is 25.7 Å². The van der Waals surface area contributed by atoms with E-state index in [1.54, 1.807) is 13.0 Å². The lowest BCUT2D eigenvalue weighted by Crippen LogP contribution is -2.52. The summed E-state index contributed by atoms with van der Waals surface area (Å²) in [6, 6.07) is 1.84. The van der Waals surface area contributed by atoms with Crippen LogP contribution in [0.15, 0.2) is 10.6 Å². The predicted molar refractivity (Wildman–Crippen MR) is 92.8 cm³/mol. The van der Waals surface area contributed by atoms with Crippen LogP contribution in [0.25, 0.3) is 0 Å². The third-order valence-electron chi connectivity index (χ3n) is 5.01. The first-order valence-corrected chi connectivity index (χ1v) is 9.01. The van der Waals surface area contributed by atoms with Gasteiger partial charge in [-0.15, -0.1) is 0 Å². The molecule has 8 heteroatoms. The molecule has 2 amide bonds. The van der Waals surface area contributed by atoms with Crippen molar-refractivity contribution in [3.63, 3.8) is 0 Å². The molecule has 1 aromatic rings. The number of piperazine rings is 1. The maximum Gasteiger partial charge on any atom is 0.239 e. The number of hydrogen-bond acceptors (Lipinski definition) is 6. The summed E-state index contributed by atoms with van der Waals surface area (Å²) in [6.45, 7) is 4.81. The molecule has 1 saturated heterocycles. The predicted octanol–water partition coefficient (Wildman–Crippen LogP) is 0.583. The molecule has 0 bridgehead atoms. The lowest BCUT2D eigenvalue weighted by molar-refractivity contribution is -0.138. The van der Waals surface area contributed by atoms with Gasteiger partial charge in [0.05, 0.1) is 6.54 Å². The molecule has 3 rings (SSSR count). The number of carbonyl (C=O) groups is 2. The van der Waals surface area contributed by atoms with Crippen LogP contribution < -0.4 is 11.1 Å². The average molecular weight is 349 g/mol. The van der Waals surface area contributed by atoms with Crippen molar-refractivity contribution < 1.29 is 14.1 Å². The zero-order valence-electron chi connectivity index (χ0n) is 14.7. The van der Waals surface area contributed by atoms with Crippen LogP contribution in [0.3, 0.4) is 0 Å². The van der Waals surface area contributed by atoms with Gasteiger partial charge in [-0.1, -0.05) is 11.6 Å². The third kappa shape index (κ3) is 4.79. The lowest BCUT2D eigenvalue weighted by Gasteiger charge is -2.37. The fourth-order valence-electron chi connectivity index (χ4n) is 3.65. The molecular weight excluding hydrogens is 322 g/mol. The van der Waals surface area contributed by atoms with Crippen molar-refractivity contribution in [3.05, 3.63) is 11.8 Å². The Bertz CT molecular complexity index is 609. The van der Waals surface area contributed by atoms with Gasteiger partial charge >= 0.3 is 0 Å². The summed E-state index contributed by atoms with van der Waals surface area (Å²) in [5.74, 6) is 1.28. The van der Waals surface area contributed by atoms with E-state index < -0.39 is 0 Å². The van der Waals surface area contributed by atoms with Crippen LogP contribution in [-0.2, 0) is 9.59 Å². The first kappa shape index (κ1) is 17.9. The van der Waals surface area contributed by atoms with E-state index >= 15 is 0 Å². The second-order valence-electron chi connectivity index (χ2n) is 7.10. The minimum Gasteiger partial charge on any atom is -0.360 e. The summed E-state index contributed by atoms with van der Waals surface area (Å²) in [5.41, 5.74) is 6.00. The van der Waals surface area contributed by atoms with Crippen LogP contribution in [0.1, 0.15) is 31.4 Å². The maximum absolute atomic E-state index is 12.6.